The first kappa shape index (κ1) is 29.5. The lowest BCUT2D eigenvalue weighted by atomic mass is 9.79. The summed E-state index contributed by atoms with van der Waals surface area (Å²) in [5, 5.41) is 3.14. The molecule has 2 saturated heterocycles. The Labute approximate surface area is 250 Å². The minimum absolute atomic E-state index is 0.0132. The van der Waals surface area contributed by atoms with Gasteiger partial charge < -0.3 is 14.6 Å². The van der Waals surface area contributed by atoms with Gasteiger partial charge in [0.1, 0.15) is 23.1 Å². The second-order valence-corrected chi connectivity index (χ2v) is 12.3. The molecule has 1 spiro atoms. The number of halogens is 3. The fraction of sp³-hybridized carbons (Fsp3) is 0.471. The molecule has 6 nitrogen and oxygen atoms in total. The van der Waals surface area contributed by atoms with Crippen molar-refractivity contribution in [1.82, 2.24) is 15.1 Å². The topological polar surface area (TPSA) is 65.8 Å². The maximum absolute atomic E-state index is 14.0. The van der Waals surface area contributed by atoms with Gasteiger partial charge in [-0.15, -0.1) is 0 Å². The van der Waals surface area contributed by atoms with Crippen LogP contribution >= 0.6 is 0 Å². The number of amides is 2. The highest BCUT2D eigenvalue weighted by Crippen LogP contribution is 2.38. The van der Waals surface area contributed by atoms with Crippen molar-refractivity contribution in [3.63, 3.8) is 0 Å². The minimum Gasteiger partial charge on any atom is -0.460 e. The molecule has 3 aromatic rings. The smallest absolute Gasteiger partial charge is 0.416 e. The van der Waals surface area contributed by atoms with Gasteiger partial charge in [0, 0.05) is 25.2 Å². The standard InChI is InChI=1S/C34H38F3N3O3/c35-34(36,37)27-13-7-12-26(21-27)30-15-14-28(43-30)23-39-18-16-33(17-19-39)32(42)38-29(20-24-8-3-1-4-9-24)31(41)40(33)22-25-10-5-2-6-11-25/h2,5-7,10-15,21,24,29H,1,3-4,8-9,16-20,22-23H2,(H,38,42). The number of rotatable bonds is 7. The number of benzene rings is 2. The van der Waals surface area contributed by atoms with E-state index < -0.39 is 23.3 Å². The zero-order valence-corrected chi connectivity index (χ0v) is 24.2. The van der Waals surface area contributed by atoms with Crippen molar-refractivity contribution in [2.24, 2.45) is 5.92 Å². The van der Waals surface area contributed by atoms with Crippen LogP contribution in [0, 0.1) is 5.92 Å². The highest BCUT2D eigenvalue weighted by atomic mass is 19.4. The number of nitrogens with one attached hydrogen (secondary N) is 1. The van der Waals surface area contributed by atoms with Crippen LogP contribution in [-0.2, 0) is 28.9 Å². The minimum atomic E-state index is -4.42. The molecule has 2 amide bonds. The molecule has 1 saturated carbocycles. The van der Waals surface area contributed by atoms with Crippen LogP contribution in [-0.4, -0.2) is 46.3 Å². The number of hydrogen-bond donors (Lipinski definition) is 1. The Morgan fingerprint density at radius 3 is 2.35 bits per heavy atom. The predicted octanol–water partition coefficient (Wildman–Crippen LogP) is 6.80. The maximum atomic E-state index is 14.0. The Morgan fingerprint density at radius 2 is 1.63 bits per heavy atom. The molecule has 3 heterocycles. The molecule has 0 radical (unpaired) electrons. The largest absolute Gasteiger partial charge is 0.460 e. The Hall–Kier alpha value is -3.59. The van der Waals surface area contributed by atoms with Gasteiger partial charge in [0.2, 0.25) is 11.8 Å². The average Bonchev–Trinajstić information content (AvgIpc) is 3.48. The highest BCUT2D eigenvalue weighted by Gasteiger charge is 2.53. The molecular formula is C34H38F3N3O3. The van der Waals surface area contributed by atoms with Gasteiger partial charge in [-0.25, -0.2) is 0 Å². The van der Waals surface area contributed by atoms with Gasteiger partial charge in [-0.3, -0.25) is 14.5 Å². The van der Waals surface area contributed by atoms with E-state index in [2.05, 4.69) is 10.2 Å². The number of likely N-dealkylation sites (tertiary alicyclic amines) is 1. The van der Waals surface area contributed by atoms with Crippen LogP contribution in [0.2, 0.25) is 0 Å². The first-order valence-corrected chi connectivity index (χ1v) is 15.4. The zero-order chi connectivity index (χ0) is 30.0. The molecule has 2 aliphatic heterocycles. The van der Waals surface area contributed by atoms with Gasteiger partial charge in [-0.2, -0.15) is 13.2 Å². The summed E-state index contributed by atoms with van der Waals surface area (Å²) in [7, 11) is 0. The number of nitrogens with zero attached hydrogens (tertiary/aromatic N) is 2. The van der Waals surface area contributed by atoms with E-state index >= 15 is 0 Å². The van der Waals surface area contributed by atoms with Crippen molar-refractivity contribution >= 4 is 11.8 Å². The van der Waals surface area contributed by atoms with E-state index in [9.17, 15) is 22.8 Å². The van der Waals surface area contributed by atoms with Crippen molar-refractivity contribution in [1.29, 1.82) is 0 Å². The fourth-order valence-corrected chi connectivity index (χ4v) is 7.05. The Balaban J connectivity index is 1.15. The summed E-state index contributed by atoms with van der Waals surface area (Å²) in [6.45, 7) is 2.03. The third-order valence-electron chi connectivity index (χ3n) is 9.48. The lowest BCUT2D eigenvalue weighted by Gasteiger charge is -2.52. The third kappa shape index (κ3) is 6.37. The molecule has 3 fully saturated rings. The number of carbonyl (C=O) groups excluding carboxylic acids is 2. The first-order valence-electron chi connectivity index (χ1n) is 15.4. The van der Waals surface area contributed by atoms with Crippen LogP contribution in [0.1, 0.15) is 68.3 Å². The van der Waals surface area contributed by atoms with Crippen LogP contribution in [0.4, 0.5) is 13.2 Å². The molecule has 9 heteroatoms. The van der Waals surface area contributed by atoms with Crippen LogP contribution in [0.5, 0.6) is 0 Å². The summed E-state index contributed by atoms with van der Waals surface area (Å²) in [4.78, 5) is 31.9. The number of furan rings is 1. The van der Waals surface area contributed by atoms with Crippen LogP contribution in [0.25, 0.3) is 11.3 Å². The number of alkyl halides is 3. The number of hydrogen-bond acceptors (Lipinski definition) is 4. The summed E-state index contributed by atoms with van der Waals surface area (Å²) >= 11 is 0. The normalized spacial score (nSPS) is 21.7. The summed E-state index contributed by atoms with van der Waals surface area (Å²) in [6, 6.07) is 18.0. The van der Waals surface area contributed by atoms with Gasteiger partial charge in [0.05, 0.1) is 12.1 Å². The second-order valence-electron chi connectivity index (χ2n) is 12.3. The lowest BCUT2D eigenvalue weighted by Crippen LogP contribution is -2.72. The van der Waals surface area contributed by atoms with E-state index in [0.29, 0.717) is 68.4 Å². The van der Waals surface area contributed by atoms with Crippen LogP contribution in [0.15, 0.2) is 71.1 Å². The number of piperidine rings is 1. The van der Waals surface area contributed by atoms with Crippen molar-refractivity contribution < 1.29 is 27.2 Å². The van der Waals surface area contributed by atoms with Gasteiger partial charge >= 0.3 is 6.18 Å². The molecule has 43 heavy (non-hydrogen) atoms. The molecule has 1 unspecified atom stereocenters. The SMILES string of the molecule is O=C1C(CC2CCCCC2)NC(=O)C2(CCN(Cc3ccc(-c4cccc(C(F)(F)F)c4)o3)CC2)N1Cc1ccccc1. The summed E-state index contributed by atoms with van der Waals surface area (Å²) in [5.41, 5.74) is -0.263. The molecule has 1 N–H and O–H groups in total. The Kier molecular flexibility index (Phi) is 8.36. The van der Waals surface area contributed by atoms with Crippen molar-refractivity contribution in [2.75, 3.05) is 13.1 Å². The molecular weight excluding hydrogens is 555 g/mol. The van der Waals surface area contributed by atoms with E-state index in [0.717, 1.165) is 30.5 Å². The lowest BCUT2D eigenvalue weighted by molar-refractivity contribution is -0.163. The Morgan fingerprint density at radius 1 is 0.884 bits per heavy atom. The molecule has 6 rings (SSSR count). The molecule has 1 aromatic heterocycles. The van der Waals surface area contributed by atoms with E-state index in [1.54, 1.807) is 18.2 Å². The number of piperazine rings is 1. The molecule has 228 valence electrons. The first-order chi connectivity index (χ1) is 20.7. The van der Waals surface area contributed by atoms with Crippen molar-refractivity contribution in [2.45, 2.75) is 82.2 Å². The van der Waals surface area contributed by atoms with E-state index in [1.807, 2.05) is 35.2 Å². The van der Waals surface area contributed by atoms with Gasteiger partial charge in [0.25, 0.3) is 0 Å². The van der Waals surface area contributed by atoms with Gasteiger partial charge in [0.15, 0.2) is 0 Å². The Bertz CT molecular complexity index is 1420. The van der Waals surface area contributed by atoms with Crippen molar-refractivity contribution in [3.05, 3.63) is 83.6 Å². The molecule has 2 aromatic carbocycles. The predicted molar refractivity (Wildman–Crippen MR) is 157 cm³/mol. The summed E-state index contributed by atoms with van der Waals surface area (Å²) in [6.07, 6.45) is 3.10. The fourth-order valence-electron chi connectivity index (χ4n) is 7.05. The summed E-state index contributed by atoms with van der Waals surface area (Å²) in [5.74, 6) is 1.44. The van der Waals surface area contributed by atoms with E-state index in [-0.39, 0.29) is 11.8 Å². The zero-order valence-electron chi connectivity index (χ0n) is 24.2. The van der Waals surface area contributed by atoms with Crippen LogP contribution in [0.3, 0.4) is 0 Å². The van der Waals surface area contributed by atoms with Gasteiger partial charge in [-0.05, 0) is 55.0 Å². The van der Waals surface area contributed by atoms with E-state index in [4.69, 9.17) is 4.42 Å². The maximum Gasteiger partial charge on any atom is 0.416 e. The molecule has 3 aliphatic rings. The van der Waals surface area contributed by atoms with Crippen molar-refractivity contribution in [3.8, 4) is 11.3 Å². The third-order valence-corrected chi connectivity index (χ3v) is 9.48. The van der Waals surface area contributed by atoms with E-state index in [1.165, 1.54) is 25.3 Å². The average molecular weight is 594 g/mol. The monoisotopic (exact) mass is 593 g/mol. The van der Waals surface area contributed by atoms with Crippen LogP contribution < -0.4 is 5.32 Å². The quantitative estimate of drug-likeness (QED) is 0.327. The van der Waals surface area contributed by atoms with Gasteiger partial charge in [-0.1, -0.05) is 74.6 Å². The number of carbonyl (C=O) groups is 2. The molecule has 1 atom stereocenters. The second kappa shape index (κ2) is 12.2. The molecule has 0 bridgehead atoms. The molecule has 1 aliphatic carbocycles. The highest BCUT2D eigenvalue weighted by molar-refractivity contribution is 6.00. The summed E-state index contributed by atoms with van der Waals surface area (Å²) < 4.78 is 45.5.